The number of nitrogens with zero attached hydrogens (tertiary/aromatic N) is 7. The number of benzene rings is 7. The molecule has 0 atom stereocenters. The van der Waals surface area contributed by atoms with Crippen molar-refractivity contribution in [3.8, 4) is 68.1 Å². The number of hydrogen-bond acceptors (Lipinski definition) is 7. The smallest absolute Gasteiger partial charge is 0.172 e. The number of aromatic nitrogens is 7. The standard InChI is InChI=1S/C48H29N7O/c1-3-12-31(13-4-1)43-50-44(32-14-5-2-6-15-32)52-45(51-43)33-24-22-30(23-25-33)34-16-11-17-35(28-34)46-49-40-20-9-7-19-38(40)48-54-53-47(55(46)48)36-26-27-42-39(29-36)37-18-8-10-21-41(37)56-42/h1-29H. The Labute approximate surface area is 320 Å². The van der Waals surface area contributed by atoms with Gasteiger partial charge in [0.25, 0.3) is 0 Å². The SMILES string of the molecule is c1ccc(-c2nc(-c3ccccc3)nc(-c3ccc(-c4cccc(-c5nc6ccccc6c6nnc(-c7ccc8oc9ccccc9c8c7)n56)c4)cc3)n2)cc1. The highest BCUT2D eigenvalue weighted by Crippen LogP contribution is 2.36. The first-order valence-electron chi connectivity index (χ1n) is 18.4. The van der Waals surface area contributed by atoms with Gasteiger partial charge in [-0.25, -0.2) is 19.9 Å². The van der Waals surface area contributed by atoms with Crippen molar-refractivity contribution in [1.82, 2.24) is 34.5 Å². The van der Waals surface area contributed by atoms with Gasteiger partial charge in [-0.05, 0) is 53.6 Å². The van der Waals surface area contributed by atoms with Crippen LogP contribution in [0.3, 0.4) is 0 Å². The third-order valence-corrected chi connectivity index (χ3v) is 10.2. The molecule has 8 heteroatoms. The Balaban J connectivity index is 1.01. The number of fused-ring (bicyclic) bond motifs is 6. The minimum absolute atomic E-state index is 0.613. The predicted octanol–water partition coefficient (Wildman–Crippen LogP) is 11.4. The molecule has 0 aliphatic carbocycles. The van der Waals surface area contributed by atoms with Crippen LogP contribution >= 0.6 is 0 Å². The monoisotopic (exact) mass is 719 g/mol. The van der Waals surface area contributed by atoms with Crippen LogP contribution in [0.25, 0.3) is 107 Å². The fourth-order valence-corrected chi connectivity index (χ4v) is 7.42. The van der Waals surface area contributed by atoms with Crippen molar-refractivity contribution in [3.63, 3.8) is 0 Å². The van der Waals surface area contributed by atoms with Gasteiger partial charge in [-0.3, -0.25) is 4.40 Å². The zero-order valence-electron chi connectivity index (χ0n) is 29.8. The molecule has 11 rings (SSSR count). The zero-order chi connectivity index (χ0) is 37.0. The van der Waals surface area contributed by atoms with E-state index in [1.165, 1.54) is 0 Å². The van der Waals surface area contributed by atoms with Crippen LogP contribution in [0.1, 0.15) is 0 Å². The molecule has 0 aliphatic heterocycles. The van der Waals surface area contributed by atoms with E-state index in [1.807, 2.05) is 115 Å². The lowest BCUT2D eigenvalue weighted by Crippen LogP contribution is -2.00. The molecule has 0 saturated heterocycles. The lowest BCUT2D eigenvalue weighted by atomic mass is 10.0. The number of rotatable bonds is 6. The first-order valence-corrected chi connectivity index (χ1v) is 18.4. The molecular formula is C48H29N7O. The Morgan fingerprint density at radius 1 is 0.339 bits per heavy atom. The molecule has 4 heterocycles. The Kier molecular flexibility index (Phi) is 7.31. The summed E-state index contributed by atoms with van der Waals surface area (Å²) in [7, 11) is 0. The van der Waals surface area contributed by atoms with Crippen molar-refractivity contribution in [2.75, 3.05) is 0 Å². The molecule has 0 unspecified atom stereocenters. The second-order valence-electron chi connectivity index (χ2n) is 13.6. The highest BCUT2D eigenvalue weighted by Gasteiger charge is 2.20. The van der Waals surface area contributed by atoms with Crippen molar-refractivity contribution in [2.45, 2.75) is 0 Å². The van der Waals surface area contributed by atoms with Crippen molar-refractivity contribution >= 4 is 38.5 Å². The fraction of sp³-hybridized carbons (Fsp3) is 0. The summed E-state index contributed by atoms with van der Waals surface area (Å²) in [6, 6.07) is 59.2. The predicted molar refractivity (Wildman–Crippen MR) is 222 cm³/mol. The van der Waals surface area contributed by atoms with Crippen molar-refractivity contribution in [3.05, 3.63) is 176 Å². The molecule has 7 aromatic carbocycles. The Bertz CT molecular complexity index is 3190. The first-order chi connectivity index (χ1) is 27.7. The fourth-order valence-electron chi connectivity index (χ4n) is 7.42. The van der Waals surface area contributed by atoms with Crippen LogP contribution in [0, 0.1) is 0 Å². The molecule has 11 aromatic rings. The molecule has 0 N–H and O–H groups in total. The highest BCUT2D eigenvalue weighted by atomic mass is 16.3. The highest BCUT2D eigenvalue weighted by molar-refractivity contribution is 6.06. The van der Waals surface area contributed by atoms with Crippen LogP contribution in [0.2, 0.25) is 0 Å². The molecule has 4 aromatic heterocycles. The van der Waals surface area contributed by atoms with Crippen LogP contribution in [0.15, 0.2) is 180 Å². The van der Waals surface area contributed by atoms with Gasteiger partial charge in [0.05, 0.1) is 5.52 Å². The third-order valence-electron chi connectivity index (χ3n) is 10.2. The van der Waals surface area contributed by atoms with Crippen LogP contribution in [0.5, 0.6) is 0 Å². The molecule has 0 amide bonds. The summed E-state index contributed by atoms with van der Waals surface area (Å²) in [4.78, 5) is 19.9. The molecule has 0 saturated carbocycles. The number of hydrogen-bond donors (Lipinski definition) is 0. The maximum absolute atomic E-state index is 6.13. The molecule has 56 heavy (non-hydrogen) atoms. The van der Waals surface area contributed by atoms with Gasteiger partial charge in [0.2, 0.25) is 0 Å². The Hall–Kier alpha value is -7.84. The summed E-state index contributed by atoms with van der Waals surface area (Å²) >= 11 is 0. The lowest BCUT2D eigenvalue weighted by molar-refractivity contribution is 0.669. The Morgan fingerprint density at radius 2 is 0.875 bits per heavy atom. The second-order valence-corrected chi connectivity index (χ2v) is 13.6. The van der Waals surface area contributed by atoms with E-state index < -0.39 is 0 Å². The maximum atomic E-state index is 6.13. The summed E-state index contributed by atoms with van der Waals surface area (Å²) < 4.78 is 8.21. The van der Waals surface area contributed by atoms with Gasteiger partial charge in [0, 0.05) is 44.0 Å². The van der Waals surface area contributed by atoms with Gasteiger partial charge in [-0.2, -0.15) is 0 Å². The number of furan rings is 1. The number of para-hydroxylation sites is 2. The molecule has 0 radical (unpaired) electrons. The van der Waals surface area contributed by atoms with E-state index in [0.29, 0.717) is 23.3 Å². The molecule has 0 bridgehead atoms. The second kappa shape index (κ2) is 12.9. The van der Waals surface area contributed by atoms with Gasteiger partial charge in [0.1, 0.15) is 17.0 Å². The summed E-state index contributed by atoms with van der Waals surface area (Å²) in [6.45, 7) is 0. The van der Waals surface area contributed by atoms with Gasteiger partial charge in [-0.15, -0.1) is 10.2 Å². The lowest BCUT2D eigenvalue weighted by Gasteiger charge is -2.12. The van der Waals surface area contributed by atoms with E-state index in [1.54, 1.807) is 0 Å². The van der Waals surface area contributed by atoms with E-state index in [-0.39, 0.29) is 0 Å². The Morgan fingerprint density at radius 3 is 1.61 bits per heavy atom. The molecule has 8 nitrogen and oxygen atoms in total. The summed E-state index contributed by atoms with van der Waals surface area (Å²) in [5.74, 6) is 3.33. The van der Waals surface area contributed by atoms with Crippen LogP contribution in [0.4, 0.5) is 0 Å². The zero-order valence-corrected chi connectivity index (χ0v) is 29.8. The summed E-state index contributed by atoms with van der Waals surface area (Å²) in [6.07, 6.45) is 0. The third kappa shape index (κ3) is 5.39. The van der Waals surface area contributed by atoms with E-state index >= 15 is 0 Å². The van der Waals surface area contributed by atoms with Crippen molar-refractivity contribution < 1.29 is 4.42 Å². The van der Waals surface area contributed by atoms with Gasteiger partial charge in [-0.1, -0.05) is 133 Å². The van der Waals surface area contributed by atoms with Crippen LogP contribution in [-0.2, 0) is 0 Å². The molecule has 0 spiro atoms. The summed E-state index contributed by atoms with van der Waals surface area (Å²) in [5.41, 5.74) is 10.0. The van der Waals surface area contributed by atoms with E-state index in [0.717, 1.165) is 83.3 Å². The largest absolute Gasteiger partial charge is 0.456 e. The van der Waals surface area contributed by atoms with E-state index in [2.05, 4.69) is 65.1 Å². The maximum Gasteiger partial charge on any atom is 0.172 e. The van der Waals surface area contributed by atoms with Crippen LogP contribution in [-0.4, -0.2) is 34.5 Å². The minimum atomic E-state index is 0.613. The molecular weight excluding hydrogens is 691 g/mol. The van der Waals surface area contributed by atoms with Gasteiger partial charge < -0.3 is 4.42 Å². The molecule has 0 fully saturated rings. The average Bonchev–Trinajstić information content (AvgIpc) is 3.89. The summed E-state index contributed by atoms with van der Waals surface area (Å²) in [5, 5.41) is 12.5. The van der Waals surface area contributed by atoms with Crippen molar-refractivity contribution in [1.29, 1.82) is 0 Å². The van der Waals surface area contributed by atoms with Gasteiger partial charge >= 0.3 is 0 Å². The van der Waals surface area contributed by atoms with E-state index in [4.69, 9.17) is 34.6 Å². The average molecular weight is 720 g/mol. The normalized spacial score (nSPS) is 11.6. The van der Waals surface area contributed by atoms with Crippen molar-refractivity contribution in [2.24, 2.45) is 0 Å². The molecule has 0 aliphatic rings. The first kappa shape index (κ1) is 31.7. The minimum Gasteiger partial charge on any atom is -0.456 e. The van der Waals surface area contributed by atoms with Gasteiger partial charge in [0.15, 0.2) is 28.9 Å². The van der Waals surface area contributed by atoms with Crippen LogP contribution < -0.4 is 0 Å². The quantitative estimate of drug-likeness (QED) is 0.169. The topological polar surface area (TPSA) is 94.9 Å². The molecule has 262 valence electrons. The van der Waals surface area contributed by atoms with E-state index in [9.17, 15) is 0 Å².